The second-order valence-corrected chi connectivity index (χ2v) is 9.77. The quantitative estimate of drug-likeness (QED) is 0.102. The third-order valence-electron chi connectivity index (χ3n) is 6.79. The molecule has 0 unspecified atom stereocenters. The molecule has 3 nitrogen and oxygen atoms in total. The van der Waals surface area contributed by atoms with Crippen molar-refractivity contribution in [2.45, 2.75) is 163 Å². The summed E-state index contributed by atoms with van der Waals surface area (Å²) in [4.78, 5) is 12.6. The van der Waals surface area contributed by atoms with Gasteiger partial charge in [-0.3, -0.25) is 9.80 Å². The Balaban J connectivity index is 3.39. The van der Waals surface area contributed by atoms with Crippen LogP contribution in [0.2, 0.25) is 0 Å². The molecule has 0 aliphatic carbocycles. The lowest BCUT2D eigenvalue weighted by Gasteiger charge is -2.33. The zero-order valence-corrected chi connectivity index (χ0v) is 22.8. The van der Waals surface area contributed by atoms with E-state index in [9.17, 15) is 4.79 Å². The molecular formula is C29H60N2O. The number of carbonyl (C=O) groups is 1. The smallest absolute Gasteiger partial charge is 0.236 e. The van der Waals surface area contributed by atoms with Crippen LogP contribution in [0.4, 0.5) is 0 Å². The first-order valence-corrected chi connectivity index (χ1v) is 14.8. The number of hydrogen-bond donors (Lipinski definition) is 0. The molecule has 0 saturated carbocycles. The molecule has 0 spiro atoms. The summed E-state index contributed by atoms with van der Waals surface area (Å²) in [5.41, 5.74) is 0. The highest BCUT2D eigenvalue weighted by Gasteiger charge is 2.17. The Kier molecular flexibility index (Phi) is 24.6. The zero-order valence-electron chi connectivity index (χ0n) is 22.8. The minimum Gasteiger partial charge on any atom is -0.275 e. The van der Waals surface area contributed by atoms with E-state index in [1.54, 1.807) is 0 Å². The van der Waals surface area contributed by atoms with Gasteiger partial charge in [-0.2, -0.15) is 0 Å². The van der Waals surface area contributed by atoms with Gasteiger partial charge < -0.3 is 0 Å². The van der Waals surface area contributed by atoms with Crippen molar-refractivity contribution in [3.8, 4) is 0 Å². The summed E-state index contributed by atoms with van der Waals surface area (Å²) in [5, 5.41) is 4.18. The van der Waals surface area contributed by atoms with Gasteiger partial charge in [0, 0.05) is 26.1 Å². The normalized spacial score (nSPS) is 11.4. The van der Waals surface area contributed by atoms with Gasteiger partial charge in [0.05, 0.1) is 0 Å². The van der Waals surface area contributed by atoms with Crippen molar-refractivity contribution in [2.75, 3.05) is 19.6 Å². The van der Waals surface area contributed by atoms with Crippen LogP contribution in [0.25, 0.3) is 0 Å². The van der Waals surface area contributed by atoms with Crippen LogP contribution in [0.1, 0.15) is 163 Å². The van der Waals surface area contributed by atoms with Crippen LogP contribution in [-0.2, 0) is 4.79 Å². The van der Waals surface area contributed by atoms with E-state index in [-0.39, 0.29) is 0 Å². The highest BCUT2D eigenvalue weighted by atomic mass is 16.2. The SMILES string of the molecule is CCCCCCCCCCCCCCCCCCCCCC(=O)N(CCC)N(CC)CC. The van der Waals surface area contributed by atoms with Crippen LogP contribution in [0.15, 0.2) is 0 Å². The van der Waals surface area contributed by atoms with E-state index in [1.807, 2.05) is 5.01 Å². The Morgan fingerprint density at radius 2 is 0.812 bits per heavy atom. The molecule has 0 heterocycles. The Bertz CT molecular complexity index is 381. The number of rotatable bonds is 25. The Morgan fingerprint density at radius 1 is 0.469 bits per heavy atom. The van der Waals surface area contributed by atoms with Gasteiger partial charge in [-0.1, -0.05) is 143 Å². The highest BCUT2D eigenvalue weighted by Crippen LogP contribution is 2.15. The average molecular weight is 453 g/mol. The number of carbonyl (C=O) groups excluding carboxylic acids is 1. The Labute approximate surface area is 203 Å². The maximum atomic E-state index is 12.6. The van der Waals surface area contributed by atoms with E-state index in [4.69, 9.17) is 0 Å². The monoisotopic (exact) mass is 452 g/mol. The van der Waals surface area contributed by atoms with E-state index in [2.05, 4.69) is 32.7 Å². The molecule has 0 atom stereocenters. The molecule has 3 heteroatoms. The molecule has 0 N–H and O–H groups in total. The lowest BCUT2D eigenvalue weighted by molar-refractivity contribution is -0.148. The molecular weight excluding hydrogens is 392 g/mol. The lowest BCUT2D eigenvalue weighted by atomic mass is 10.0. The molecule has 0 bridgehead atoms. The summed E-state index contributed by atoms with van der Waals surface area (Å²) < 4.78 is 0. The molecule has 0 aromatic heterocycles. The van der Waals surface area contributed by atoms with Gasteiger partial charge in [0.15, 0.2) is 0 Å². The van der Waals surface area contributed by atoms with Crippen molar-refractivity contribution >= 4 is 5.91 Å². The number of unbranched alkanes of at least 4 members (excludes halogenated alkanes) is 18. The standard InChI is InChI=1S/C29H60N2O/c1-5-9-10-11-12-13-14-15-16-17-18-19-20-21-22-23-24-25-26-27-29(32)31(28-6-2)30(7-3)8-4/h5-28H2,1-4H3. The molecule has 0 saturated heterocycles. The molecule has 32 heavy (non-hydrogen) atoms. The summed E-state index contributed by atoms with van der Waals surface area (Å²) in [6, 6.07) is 0. The van der Waals surface area contributed by atoms with Crippen molar-refractivity contribution in [2.24, 2.45) is 0 Å². The van der Waals surface area contributed by atoms with Gasteiger partial charge >= 0.3 is 0 Å². The number of amides is 1. The third-order valence-corrected chi connectivity index (χ3v) is 6.79. The topological polar surface area (TPSA) is 23.6 Å². The summed E-state index contributed by atoms with van der Waals surface area (Å²) in [6.45, 7) is 11.4. The number of nitrogens with zero attached hydrogens (tertiary/aromatic N) is 2. The van der Waals surface area contributed by atoms with Gasteiger partial charge in [-0.05, 0) is 12.8 Å². The Hall–Kier alpha value is -0.570. The predicted molar refractivity (Wildman–Crippen MR) is 143 cm³/mol. The van der Waals surface area contributed by atoms with Crippen LogP contribution in [0, 0.1) is 0 Å². The average Bonchev–Trinajstić information content (AvgIpc) is 2.80. The van der Waals surface area contributed by atoms with Gasteiger partial charge in [0.2, 0.25) is 5.91 Å². The third kappa shape index (κ3) is 18.9. The van der Waals surface area contributed by atoms with Crippen molar-refractivity contribution in [3.05, 3.63) is 0 Å². The van der Waals surface area contributed by atoms with Crippen LogP contribution in [0.5, 0.6) is 0 Å². The molecule has 0 radical (unpaired) electrons. The van der Waals surface area contributed by atoms with E-state index < -0.39 is 0 Å². The number of hydrazine groups is 1. The lowest BCUT2D eigenvalue weighted by Crippen LogP contribution is -2.46. The Morgan fingerprint density at radius 3 is 1.12 bits per heavy atom. The van der Waals surface area contributed by atoms with Gasteiger partial charge in [0.25, 0.3) is 0 Å². The van der Waals surface area contributed by atoms with Crippen molar-refractivity contribution < 1.29 is 4.79 Å². The second kappa shape index (κ2) is 25.1. The zero-order chi connectivity index (χ0) is 23.7. The molecule has 0 aromatic rings. The van der Waals surface area contributed by atoms with E-state index in [0.717, 1.165) is 38.9 Å². The van der Waals surface area contributed by atoms with Crippen LogP contribution >= 0.6 is 0 Å². The fourth-order valence-corrected chi connectivity index (χ4v) is 4.68. The van der Waals surface area contributed by atoms with Gasteiger partial charge in [-0.25, -0.2) is 5.01 Å². The second-order valence-electron chi connectivity index (χ2n) is 9.77. The molecule has 192 valence electrons. The first-order valence-electron chi connectivity index (χ1n) is 14.8. The molecule has 0 aromatic carbocycles. The summed E-state index contributed by atoms with van der Waals surface area (Å²) in [5.74, 6) is 0.322. The minimum absolute atomic E-state index is 0.322. The van der Waals surface area contributed by atoms with E-state index in [0.29, 0.717) is 5.91 Å². The predicted octanol–water partition coefficient (Wildman–Crippen LogP) is 9.30. The maximum Gasteiger partial charge on any atom is 0.236 e. The molecule has 0 aliphatic heterocycles. The van der Waals surface area contributed by atoms with Gasteiger partial charge in [-0.15, -0.1) is 0 Å². The van der Waals surface area contributed by atoms with E-state index >= 15 is 0 Å². The van der Waals surface area contributed by atoms with Crippen molar-refractivity contribution in [1.29, 1.82) is 0 Å². The number of hydrogen-bond acceptors (Lipinski definition) is 2. The fourth-order valence-electron chi connectivity index (χ4n) is 4.68. The summed E-state index contributed by atoms with van der Waals surface area (Å²) in [6.07, 6.45) is 28.2. The molecule has 0 aliphatic rings. The molecule has 0 fully saturated rings. The largest absolute Gasteiger partial charge is 0.275 e. The molecule has 0 rings (SSSR count). The van der Waals surface area contributed by atoms with Crippen LogP contribution < -0.4 is 0 Å². The van der Waals surface area contributed by atoms with Crippen LogP contribution in [0.3, 0.4) is 0 Å². The molecule has 1 amide bonds. The maximum absolute atomic E-state index is 12.6. The fraction of sp³-hybridized carbons (Fsp3) is 0.966. The van der Waals surface area contributed by atoms with Crippen LogP contribution in [-0.4, -0.2) is 35.6 Å². The van der Waals surface area contributed by atoms with Crippen molar-refractivity contribution in [1.82, 2.24) is 10.0 Å². The van der Waals surface area contributed by atoms with Crippen molar-refractivity contribution in [3.63, 3.8) is 0 Å². The minimum atomic E-state index is 0.322. The first kappa shape index (κ1) is 31.4. The first-order chi connectivity index (χ1) is 15.7. The van der Waals surface area contributed by atoms with Gasteiger partial charge in [0.1, 0.15) is 0 Å². The highest BCUT2D eigenvalue weighted by molar-refractivity contribution is 5.75. The summed E-state index contributed by atoms with van der Waals surface area (Å²) >= 11 is 0. The van der Waals surface area contributed by atoms with E-state index in [1.165, 1.54) is 116 Å². The summed E-state index contributed by atoms with van der Waals surface area (Å²) in [7, 11) is 0.